The average molecular weight is 323 g/mol. The molecule has 0 atom stereocenters. The number of carboxylic acids is 1. The number of carbonyl (C=O) groups is 2. The second-order valence-electron chi connectivity index (χ2n) is 5.37. The van der Waals surface area contributed by atoms with Gasteiger partial charge >= 0.3 is 17.6 Å². The van der Waals surface area contributed by atoms with Crippen LogP contribution in [0, 0.1) is 16.0 Å². The predicted octanol–water partition coefficient (Wildman–Crippen LogP) is 1.83. The van der Waals surface area contributed by atoms with Crippen LogP contribution in [0.1, 0.15) is 36.0 Å². The largest absolute Gasteiger partial charge is 0.481 e. The first kappa shape index (κ1) is 16.7. The first-order valence-electron chi connectivity index (χ1n) is 7.14. The molecule has 1 aliphatic carbocycles. The van der Waals surface area contributed by atoms with Crippen molar-refractivity contribution >= 4 is 23.4 Å². The fourth-order valence-electron chi connectivity index (χ4n) is 2.61. The van der Waals surface area contributed by atoms with Gasteiger partial charge in [-0.1, -0.05) is 0 Å². The van der Waals surface area contributed by atoms with Crippen molar-refractivity contribution < 1.29 is 24.4 Å². The summed E-state index contributed by atoms with van der Waals surface area (Å²) in [6.45, 7) is 0. The van der Waals surface area contributed by atoms with Crippen LogP contribution in [-0.4, -0.2) is 40.1 Å². The van der Waals surface area contributed by atoms with Crippen LogP contribution in [0.3, 0.4) is 0 Å². The van der Waals surface area contributed by atoms with E-state index in [-0.39, 0.29) is 29.0 Å². The number of esters is 1. The lowest BCUT2D eigenvalue weighted by molar-refractivity contribution is -0.384. The Morgan fingerprint density at radius 3 is 2.57 bits per heavy atom. The van der Waals surface area contributed by atoms with Crippen molar-refractivity contribution in [1.82, 2.24) is 4.98 Å². The molecular formula is C14H17N3O6. The molecule has 0 amide bonds. The molecule has 0 bridgehead atoms. The van der Waals surface area contributed by atoms with E-state index in [4.69, 9.17) is 5.11 Å². The monoisotopic (exact) mass is 323 g/mol. The lowest BCUT2D eigenvalue weighted by Crippen LogP contribution is -2.29. The first-order chi connectivity index (χ1) is 10.9. The van der Waals surface area contributed by atoms with Crippen LogP contribution in [0.25, 0.3) is 0 Å². The molecule has 1 fully saturated rings. The number of nitro groups is 1. The maximum Gasteiger partial charge on any atom is 0.339 e. The van der Waals surface area contributed by atoms with Gasteiger partial charge in [-0.3, -0.25) is 14.9 Å². The molecule has 1 saturated carbocycles. The van der Waals surface area contributed by atoms with Gasteiger partial charge in [-0.2, -0.15) is 0 Å². The van der Waals surface area contributed by atoms with Gasteiger partial charge < -0.3 is 15.2 Å². The van der Waals surface area contributed by atoms with Gasteiger partial charge in [0, 0.05) is 18.3 Å². The highest BCUT2D eigenvalue weighted by atomic mass is 16.6. The summed E-state index contributed by atoms with van der Waals surface area (Å²) in [6, 6.07) is 1.03. The molecule has 23 heavy (non-hydrogen) atoms. The van der Waals surface area contributed by atoms with Gasteiger partial charge in [-0.15, -0.1) is 0 Å². The highest BCUT2D eigenvalue weighted by Gasteiger charge is 2.28. The van der Waals surface area contributed by atoms with E-state index in [1.54, 1.807) is 0 Å². The third-order valence-electron chi connectivity index (χ3n) is 3.90. The number of nitrogens with one attached hydrogen (secondary N) is 1. The van der Waals surface area contributed by atoms with E-state index in [1.807, 2.05) is 0 Å². The fourth-order valence-corrected chi connectivity index (χ4v) is 2.61. The molecule has 9 heteroatoms. The summed E-state index contributed by atoms with van der Waals surface area (Å²) in [5.74, 6) is -1.80. The van der Waals surface area contributed by atoms with Crippen LogP contribution >= 0.6 is 0 Å². The van der Waals surface area contributed by atoms with Gasteiger partial charge in [0.15, 0.2) is 0 Å². The Labute approximate surface area is 131 Å². The highest BCUT2D eigenvalue weighted by molar-refractivity contribution is 5.90. The van der Waals surface area contributed by atoms with Crippen LogP contribution in [0.2, 0.25) is 0 Å². The molecule has 1 aromatic rings. The fraction of sp³-hybridized carbons (Fsp3) is 0.500. The Morgan fingerprint density at radius 1 is 1.39 bits per heavy atom. The molecule has 0 aromatic carbocycles. The van der Waals surface area contributed by atoms with Crippen molar-refractivity contribution in [2.24, 2.45) is 5.92 Å². The predicted molar refractivity (Wildman–Crippen MR) is 79.2 cm³/mol. The van der Waals surface area contributed by atoms with Crippen molar-refractivity contribution in [2.75, 3.05) is 12.4 Å². The lowest BCUT2D eigenvalue weighted by atomic mass is 9.86. The second-order valence-corrected chi connectivity index (χ2v) is 5.37. The van der Waals surface area contributed by atoms with E-state index >= 15 is 0 Å². The van der Waals surface area contributed by atoms with E-state index < -0.39 is 16.9 Å². The van der Waals surface area contributed by atoms with Crippen molar-refractivity contribution in [3.05, 3.63) is 27.9 Å². The Morgan fingerprint density at radius 2 is 2.04 bits per heavy atom. The second kappa shape index (κ2) is 7.03. The van der Waals surface area contributed by atoms with Crippen LogP contribution in [0.5, 0.6) is 0 Å². The van der Waals surface area contributed by atoms with Crippen LogP contribution in [0.4, 0.5) is 11.5 Å². The number of aliphatic carboxylic acids is 1. The van der Waals surface area contributed by atoms with Gasteiger partial charge in [0.25, 0.3) is 0 Å². The van der Waals surface area contributed by atoms with E-state index in [0.717, 1.165) is 6.07 Å². The summed E-state index contributed by atoms with van der Waals surface area (Å²) < 4.78 is 4.52. The summed E-state index contributed by atoms with van der Waals surface area (Å²) in [7, 11) is 1.18. The Bertz CT molecular complexity index is 625. The molecule has 1 heterocycles. The molecule has 9 nitrogen and oxygen atoms in total. The SMILES string of the molecule is COC(=O)c1cnc(NC2CCC(C(=O)O)CC2)c([N+](=O)[O-])c1. The van der Waals surface area contributed by atoms with Crippen LogP contribution in [0.15, 0.2) is 12.3 Å². The number of hydrogen-bond acceptors (Lipinski definition) is 7. The molecule has 1 aliphatic rings. The minimum atomic E-state index is -0.810. The number of anilines is 1. The molecular weight excluding hydrogens is 306 g/mol. The molecule has 124 valence electrons. The lowest BCUT2D eigenvalue weighted by Gasteiger charge is -2.27. The minimum Gasteiger partial charge on any atom is -0.481 e. The third-order valence-corrected chi connectivity index (χ3v) is 3.90. The number of methoxy groups -OCH3 is 1. The number of pyridine rings is 1. The van der Waals surface area contributed by atoms with Crippen molar-refractivity contribution in [2.45, 2.75) is 31.7 Å². The number of carbonyl (C=O) groups excluding carboxylic acids is 1. The van der Waals surface area contributed by atoms with E-state index in [9.17, 15) is 19.7 Å². The standard InChI is InChI=1S/C14H17N3O6/c1-23-14(20)9-6-11(17(21)22)12(15-7-9)16-10-4-2-8(3-5-10)13(18)19/h6-8,10H,2-5H2,1H3,(H,15,16)(H,18,19). The normalized spacial score (nSPS) is 20.6. The summed E-state index contributed by atoms with van der Waals surface area (Å²) in [6.07, 6.45) is 3.43. The highest BCUT2D eigenvalue weighted by Crippen LogP contribution is 2.29. The van der Waals surface area contributed by atoms with Crippen molar-refractivity contribution in [3.63, 3.8) is 0 Å². The zero-order valence-electron chi connectivity index (χ0n) is 12.5. The van der Waals surface area contributed by atoms with Gasteiger partial charge in [0.1, 0.15) is 0 Å². The molecule has 0 spiro atoms. The van der Waals surface area contributed by atoms with E-state index in [1.165, 1.54) is 13.3 Å². The number of ether oxygens (including phenoxy) is 1. The molecule has 1 aromatic heterocycles. The summed E-state index contributed by atoms with van der Waals surface area (Å²) >= 11 is 0. The Kier molecular flexibility index (Phi) is 5.09. The van der Waals surface area contributed by atoms with Gasteiger partial charge in [0.05, 0.1) is 23.5 Å². The zero-order valence-corrected chi connectivity index (χ0v) is 12.5. The topological polar surface area (TPSA) is 132 Å². The van der Waals surface area contributed by atoms with Crippen LogP contribution in [-0.2, 0) is 9.53 Å². The minimum absolute atomic E-state index is 0.000615. The first-order valence-corrected chi connectivity index (χ1v) is 7.14. The van der Waals surface area contributed by atoms with Gasteiger partial charge in [-0.25, -0.2) is 9.78 Å². The van der Waals surface area contributed by atoms with E-state index in [0.29, 0.717) is 25.7 Å². The molecule has 2 N–H and O–H groups in total. The quantitative estimate of drug-likeness (QED) is 0.476. The van der Waals surface area contributed by atoms with Crippen molar-refractivity contribution in [1.29, 1.82) is 0 Å². The maximum absolute atomic E-state index is 11.4. The molecule has 0 radical (unpaired) electrons. The maximum atomic E-state index is 11.4. The number of carboxylic acid groups (broad SMARTS) is 1. The number of hydrogen-bond donors (Lipinski definition) is 2. The summed E-state index contributed by atoms with van der Waals surface area (Å²) in [5, 5.41) is 23.1. The number of rotatable bonds is 5. The number of nitrogens with zero attached hydrogens (tertiary/aromatic N) is 2. The third kappa shape index (κ3) is 3.93. The van der Waals surface area contributed by atoms with E-state index in [2.05, 4.69) is 15.0 Å². The Hall–Kier alpha value is -2.71. The Balaban J connectivity index is 2.12. The smallest absolute Gasteiger partial charge is 0.339 e. The molecule has 0 unspecified atom stereocenters. The van der Waals surface area contributed by atoms with Gasteiger partial charge in [0.2, 0.25) is 5.82 Å². The van der Waals surface area contributed by atoms with Crippen LogP contribution < -0.4 is 5.32 Å². The molecule has 0 aliphatic heterocycles. The van der Waals surface area contributed by atoms with Gasteiger partial charge in [-0.05, 0) is 25.7 Å². The van der Waals surface area contributed by atoms with Crippen molar-refractivity contribution in [3.8, 4) is 0 Å². The molecule has 0 saturated heterocycles. The number of aromatic nitrogens is 1. The summed E-state index contributed by atoms with van der Waals surface area (Å²) in [4.78, 5) is 36.8. The summed E-state index contributed by atoms with van der Waals surface area (Å²) in [5.41, 5.74) is -0.312. The average Bonchev–Trinajstić information content (AvgIpc) is 2.54. The molecule has 2 rings (SSSR count). The zero-order chi connectivity index (χ0) is 17.0.